The predicted molar refractivity (Wildman–Crippen MR) is 90.3 cm³/mol. The molecule has 20 heavy (non-hydrogen) atoms. The van der Waals surface area contributed by atoms with Crippen LogP contribution < -0.4 is 0 Å². The first-order chi connectivity index (χ1) is 7.06. The van der Waals surface area contributed by atoms with E-state index < -0.39 is 4.21 Å². The van der Waals surface area contributed by atoms with Crippen LogP contribution in [0.5, 0.6) is 0 Å². The molecule has 0 amide bonds. The van der Waals surface area contributed by atoms with Gasteiger partial charge in [-0.1, -0.05) is 53.1 Å². The summed E-state index contributed by atoms with van der Waals surface area (Å²) in [5.74, 6) is 0.979. The van der Waals surface area contributed by atoms with Gasteiger partial charge in [0.05, 0.1) is 12.0 Å². The molecule has 1 aliphatic heterocycles. The number of allylic oxidation sites excluding steroid dienone is 1. The fraction of sp³-hybridized carbons (Fsp3) is 0.818. The van der Waals surface area contributed by atoms with E-state index in [1.54, 1.807) is 0 Å². The third-order valence-corrected chi connectivity index (χ3v) is 4.43. The molecule has 0 aromatic carbocycles. The molecule has 0 bridgehead atoms. The van der Waals surface area contributed by atoms with Gasteiger partial charge in [-0.05, 0) is 11.5 Å². The van der Waals surface area contributed by atoms with Gasteiger partial charge in [0.15, 0.2) is 4.21 Å². The molecule has 1 heterocycles. The van der Waals surface area contributed by atoms with Gasteiger partial charge in [-0.15, -0.1) is 37.2 Å². The van der Waals surface area contributed by atoms with Crippen molar-refractivity contribution >= 4 is 60.9 Å². The molecule has 0 saturated carbocycles. The van der Waals surface area contributed by atoms with Crippen LogP contribution in [0.25, 0.3) is 0 Å². The van der Waals surface area contributed by atoms with Crippen LogP contribution in [0.15, 0.2) is 11.8 Å². The Morgan fingerprint density at radius 3 is 1.60 bits per heavy atom. The minimum atomic E-state index is -0.435. The summed E-state index contributed by atoms with van der Waals surface area (Å²) in [4.78, 5) is 0. The van der Waals surface area contributed by atoms with E-state index in [9.17, 15) is 0 Å². The number of halogens is 4. The van der Waals surface area contributed by atoms with Gasteiger partial charge in [0.25, 0.3) is 0 Å². The zero-order chi connectivity index (χ0) is 13.2. The Labute approximate surface area is 161 Å². The normalized spacial score (nSPS) is 20.2. The molecule has 2 N–H and O–H groups in total. The van der Waals surface area contributed by atoms with Gasteiger partial charge in [0.2, 0.25) is 0 Å². The maximum absolute atomic E-state index is 8.26. The van der Waals surface area contributed by atoms with Crippen LogP contribution in [0.3, 0.4) is 0 Å². The fourth-order valence-electron chi connectivity index (χ4n) is 1.01. The van der Waals surface area contributed by atoms with Crippen LogP contribution in [0.4, 0.5) is 0 Å². The van der Waals surface area contributed by atoms with Crippen LogP contribution in [-0.4, -0.2) is 9.68 Å². The molecule has 0 saturated heterocycles. The summed E-state index contributed by atoms with van der Waals surface area (Å²) in [6.07, 6.45) is 2.05. The molecule has 1 unspecified atom stereocenters. The summed E-state index contributed by atoms with van der Waals surface area (Å²) in [6, 6.07) is 0. The van der Waals surface area contributed by atoms with E-state index in [0.717, 1.165) is 5.76 Å². The van der Waals surface area contributed by atoms with E-state index in [2.05, 4.69) is 47.6 Å². The molecule has 1 rings (SSSR count). The zero-order valence-electron chi connectivity index (χ0n) is 12.3. The molecule has 0 fully saturated rings. The maximum atomic E-state index is 8.26. The first kappa shape index (κ1) is 33.2. The zero-order valence-corrected chi connectivity index (χ0v) is 18.3. The Hall–Kier alpha value is 1.50. The van der Waals surface area contributed by atoms with Crippen LogP contribution in [0.1, 0.15) is 41.5 Å². The summed E-state index contributed by atoms with van der Waals surface area (Å²) in [7, 11) is 0. The second-order valence-corrected chi connectivity index (χ2v) is 7.62. The molecule has 126 valence electrons. The van der Waals surface area contributed by atoms with E-state index in [1.807, 2.05) is 0 Å². The van der Waals surface area contributed by atoms with Gasteiger partial charge in [-0.25, -0.2) is 0 Å². The monoisotopic (exact) mass is 474 g/mol. The number of hydrogen-bond acceptors (Lipinski definition) is 3. The average Bonchev–Trinajstić information content (AvgIpc) is 2.51. The van der Waals surface area contributed by atoms with Crippen LogP contribution in [0.2, 0.25) is 0 Å². The van der Waals surface area contributed by atoms with Crippen molar-refractivity contribution in [2.75, 3.05) is 0 Å². The van der Waals surface area contributed by atoms with E-state index >= 15 is 0 Å². The summed E-state index contributed by atoms with van der Waals surface area (Å²) < 4.78 is 13.4. The summed E-state index contributed by atoms with van der Waals surface area (Å²) in [5, 5.41) is 0. The Bertz CT molecular complexity index is 292. The van der Waals surface area contributed by atoms with Crippen molar-refractivity contribution in [1.29, 1.82) is 0 Å². The van der Waals surface area contributed by atoms with Gasteiger partial charge < -0.3 is 9.66 Å². The summed E-state index contributed by atoms with van der Waals surface area (Å²) in [5.41, 5.74) is 0.0289. The number of hydrogen-bond donors (Lipinski definition) is 0. The van der Waals surface area contributed by atoms with E-state index in [4.69, 9.17) is 19.2 Å². The molecule has 1 aliphatic rings. The standard InChI is InChI=1S/C11H19ClOS.3ClH.Mo.H2O.O/c1-9(2,3)8-7-11(12,14-13-8)10(4,5)6;;;;;;/h7H,1-6H3;3*1H;;1H2;. The average molecular weight is 474 g/mol. The van der Waals surface area contributed by atoms with Gasteiger partial charge in [-0.3, -0.25) is 0 Å². The molecule has 3 nitrogen and oxygen atoms in total. The molecule has 0 aliphatic carbocycles. The van der Waals surface area contributed by atoms with Gasteiger partial charge in [0, 0.05) is 5.41 Å². The van der Waals surface area contributed by atoms with Crippen molar-refractivity contribution in [1.82, 2.24) is 0 Å². The predicted octanol–water partition coefficient (Wildman–Crippen LogP) is 4.90. The summed E-state index contributed by atoms with van der Waals surface area (Å²) >= 11 is 8.57. The second kappa shape index (κ2) is 12.0. The van der Waals surface area contributed by atoms with Crippen molar-refractivity contribution in [3.8, 4) is 0 Å². The first-order valence-electron chi connectivity index (χ1n) is 5.01. The molecule has 0 aromatic rings. The Morgan fingerprint density at radius 1 is 1.10 bits per heavy atom. The van der Waals surface area contributed by atoms with Crippen LogP contribution in [0, 0.1) is 10.8 Å². The third-order valence-electron chi connectivity index (χ3n) is 2.33. The van der Waals surface area contributed by atoms with Crippen LogP contribution >= 0.6 is 60.9 Å². The van der Waals surface area contributed by atoms with Gasteiger partial charge in [-0.2, -0.15) is 0 Å². The topological polar surface area (TPSA) is 57.8 Å². The Morgan fingerprint density at radius 2 is 1.45 bits per heavy atom. The molecular formula is C11H24Cl4MoO3S. The number of alkyl halides is 1. The van der Waals surface area contributed by atoms with Crippen molar-refractivity contribution < 1.29 is 32.8 Å². The first-order valence-corrected chi connectivity index (χ1v) is 6.95. The van der Waals surface area contributed by atoms with Crippen molar-refractivity contribution in [3.05, 3.63) is 11.8 Å². The molecule has 0 aromatic heterocycles. The Kier molecular flexibility index (Phi) is 19.9. The molecule has 9 heteroatoms. The second-order valence-electron chi connectivity index (χ2n) is 5.82. The SMILES string of the molecule is CC(C)(C)C1=CC(Cl)(C(C)(C)C)SO1.Cl.Cl.Cl.O.[O]=[Mo]. The van der Waals surface area contributed by atoms with Gasteiger partial charge in [0.1, 0.15) is 5.76 Å². The third kappa shape index (κ3) is 8.82. The van der Waals surface area contributed by atoms with E-state index in [1.165, 1.54) is 12.0 Å². The van der Waals surface area contributed by atoms with E-state index in [-0.39, 0.29) is 53.5 Å². The van der Waals surface area contributed by atoms with Crippen LogP contribution in [-0.2, 0) is 27.4 Å². The quantitative estimate of drug-likeness (QED) is 0.285. The van der Waals surface area contributed by atoms with Crippen molar-refractivity contribution in [2.24, 2.45) is 10.8 Å². The molecule has 0 radical (unpaired) electrons. The molecular weight excluding hydrogens is 450 g/mol. The molecule has 0 spiro atoms. The summed E-state index contributed by atoms with van der Waals surface area (Å²) in [6.45, 7) is 12.8. The number of rotatable bonds is 0. The van der Waals surface area contributed by atoms with E-state index in [0.29, 0.717) is 19.8 Å². The minimum absolute atomic E-state index is 0. The van der Waals surface area contributed by atoms with Crippen molar-refractivity contribution in [2.45, 2.75) is 45.7 Å². The molecule has 1 atom stereocenters. The Balaban J connectivity index is -0.000000119. The van der Waals surface area contributed by atoms with Gasteiger partial charge >= 0.3 is 23.2 Å². The fourth-order valence-corrected chi connectivity index (χ4v) is 2.11. The van der Waals surface area contributed by atoms with Crippen molar-refractivity contribution in [3.63, 3.8) is 0 Å².